The van der Waals surface area contributed by atoms with E-state index in [9.17, 15) is 23.4 Å². The number of sulfonamides is 1. The molecule has 1 aliphatic rings. The third kappa shape index (κ3) is 4.90. The molecule has 9 heteroatoms. The first-order chi connectivity index (χ1) is 15.2. The van der Waals surface area contributed by atoms with Gasteiger partial charge in [0.25, 0.3) is 0 Å². The Morgan fingerprint density at radius 3 is 2.72 bits per heavy atom. The van der Waals surface area contributed by atoms with E-state index in [1.807, 2.05) is 37.3 Å². The van der Waals surface area contributed by atoms with Crippen LogP contribution in [0.2, 0.25) is 0 Å². The minimum atomic E-state index is -4.01. The SMILES string of the molecule is Cc1ccc(C=C2CC=C(S(=O)(=O)NC(Cc3c[nH]c4ccc(O)cc34)C(=O)O)S2)cc1. The van der Waals surface area contributed by atoms with Crippen LogP contribution >= 0.6 is 11.8 Å². The first-order valence-electron chi connectivity index (χ1n) is 9.90. The molecular formula is C23H22N2O5S2. The Bertz CT molecular complexity index is 1340. The lowest BCUT2D eigenvalue weighted by atomic mass is 10.1. The quantitative estimate of drug-likeness (QED) is 0.412. The number of H-pyrrole nitrogens is 1. The first kappa shape index (κ1) is 22.2. The van der Waals surface area contributed by atoms with Crippen molar-refractivity contribution in [3.8, 4) is 5.75 Å². The molecule has 1 aromatic heterocycles. The number of hydrogen-bond donors (Lipinski definition) is 4. The predicted octanol–water partition coefficient (Wildman–Crippen LogP) is 4.12. The molecule has 0 bridgehead atoms. The highest BCUT2D eigenvalue weighted by molar-refractivity contribution is 8.20. The normalized spacial score (nSPS) is 16.4. The third-order valence-corrected chi connectivity index (χ3v) is 8.26. The van der Waals surface area contributed by atoms with Crippen molar-refractivity contribution in [2.24, 2.45) is 0 Å². The van der Waals surface area contributed by atoms with E-state index >= 15 is 0 Å². The third-order valence-electron chi connectivity index (χ3n) is 5.14. The van der Waals surface area contributed by atoms with Crippen LogP contribution < -0.4 is 4.72 Å². The van der Waals surface area contributed by atoms with Crippen LogP contribution in [0.4, 0.5) is 0 Å². The van der Waals surface area contributed by atoms with Gasteiger partial charge < -0.3 is 15.2 Å². The maximum atomic E-state index is 12.9. The molecule has 0 amide bonds. The smallest absolute Gasteiger partial charge is 0.322 e. The molecule has 166 valence electrons. The number of allylic oxidation sites excluding steroid dienone is 2. The number of phenolic OH excluding ortho intramolecular Hbond substituents is 1. The Hall–Kier alpha value is -3.01. The number of aryl methyl sites for hydroxylation is 1. The summed E-state index contributed by atoms with van der Waals surface area (Å²) in [6.07, 6.45) is 5.54. The standard InChI is InChI=1S/C23H22N2O5S2/c1-14-2-4-15(5-3-14)10-18-7-9-22(31-18)32(29,30)25-21(23(27)28)11-16-13-24-20-8-6-17(26)12-19(16)20/h2-6,8-10,12-13,21,24-26H,7,11H2,1H3,(H,27,28). The van der Waals surface area contributed by atoms with Crippen LogP contribution in [-0.2, 0) is 21.2 Å². The van der Waals surface area contributed by atoms with Gasteiger partial charge in [0.2, 0.25) is 10.0 Å². The minimum absolute atomic E-state index is 0.0474. The van der Waals surface area contributed by atoms with Crippen LogP contribution in [0.25, 0.3) is 17.0 Å². The van der Waals surface area contributed by atoms with E-state index in [0.29, 0.717) is 17.4 Å². The van der Waals surface area contributed by atoms with Crippen molar-refractivity contribution in [3.05, 3.63) is 80.6 Å². The number of carboxylic acid groups (broad SMARTS) is 1. The van der Waals surface area contributed by atoms with Crippen molar-refractivity contribution >= 4 is 44.7 Å². The molecule has 3 aromatic rings. The zero-order chi connectivity index (χ0) is 22.9. The predicted molar refractivity (Wildman–Crippen MR) is 127 cm³/mol. The Morgan fingerprint density at radius 2 is 2.00 bits per heavy atom. The molecule has 0 fully saturated rings. The van der Waals surface area contributed by atoms with Crippen molar-refractivity contribution in [2.45, 2.75) is 25.8 Å². The van der Waals surface area contributed by atoms with Crippen LogP contribution in [0.1, 0.15) is 23.1 Å². The highest BCUT2D eigenvalue weighted by Crippen LogP contribution is 2.39. The summed E-state index contributed by atoms with van der Waals surface area (Å²) in [5.41, 5.74) is 3.44. The molecule has 0 saturated carbocycles. The average molecular weight is 471 g/mol. The lowest BCUT2D eigenvalue weighted by Gasteiger charge is -2.15. The van der Waals surface area contributed by atoms with E-state index in [-0.39, 0.29) is 16.4 Å². The number of rotatable bonds is 7. The number of carbonyl (C=O) groups is 1. The molecule has 2 aromatic carbocycles. The minimum Gasteiger partial charge on any atom is -0.508 e. The second-order valence-electron chi connectivity index (χ2n) is 7.61. The number of aliphatic carboxylic acids is 1. The lowest BCUT2D eigenvalue weighted by molar-refractivity contribution is -0.138. The fourth-order valence-electron chi connectivity index (χ4n) is 3.48. The van der Waals surface area contributed by atoms with Crippen LogP contribution in [0.5, 0.6) is 5.75 Å². The fourth-order valence-corrected chi connectivity index (χ4v) is 6.15. The van der Waals surface area contributed by atoms with E-state index in [2.05, 4.69) is 9.71 Å². The van der Waals surface area contributed by atoms with Gasteiger partial charge in [-0.3, -0.25) is 4.79 Å². The highest BCUT2D eigenvalue weighted by atomic mass is 32.3. The number of hydrogen-bond acceptors (Lipinski definition) is 5. The van der Waals surface area contributed by atoms with E-state index < -0.39 is 22.0 Å². The van der Waals surface area contributed by atoms with Crippen molar-refractivity contribution in [1.29, 1.82) is 0 Å². The maximum Gasteiger partial charge on any atom is 0.322 e. The number of nitrogens with one attached hydrogen (secondary N) is 2. The lowest BCUT2D eigenvalue weighted by Crippen LogP contribution is -2.42. The summed E-state index contributed by atoms with van der Waals surface area (Å²) in [7, 11) is -4.01. The van der Waals surface area contributed by atoms with Gasteiger partial charge >= 0.3 is 5.97 Å². The second kappa shape index (κ2) is 8.85. The summed E-state index contributed by atoms with van der Waals surface area (Å²) in [5.74, 6) is -1.23. The summed E-state index contributed by atoms with van der Waals surface area (Å²) in [5, 5.41) is 20.0. The van der Waals surface area contributed by atoms with Crippen molar-refractivity contribution in [3.63, 3.8) is 0 Å². The van der Waals surface area contributed by atoms with Crippen LogP contribution in [0, 0.1) is 6.92 Å². The molecule has 4 rings (SSSR count). The molecule has 1 unspecified atom stereocenters. The molecule has 1 atom stereocenters. The first-order valence-corrected chi connectivity index (χ1v) is 12.2. The van der Waals surface area contributed by atoms with E-state index in [4.69, 9.17) is 0 Å². The molecule has 4 N–H and O–H groups in total. The zero-order valence-electron chi connectivity index (χ0n) is 17.2. The van der Waals surface area contributed by atoms with Gasteiger partial charge in [-0.2, -0.15) is 4.72 Å². The molecule has 0 aliphatic carbocycles. The number of fused-ring (bicyclic) bond motifs is 1. The number of phenols is 1. The molecule has 1 aliphatic heterocycles. The number of aromatic hydroxyl groups is 1. The van der Waals surface area contributed by atoms with Gasteiger partial charge in [-0.05, 0) is 53.7 Å². The maximum absolute atomic E-state index is 12.9. The summed E-state index contributed by atoms with van der Waals surface area (Å²) in [6.45, 7) is 2.00. The Morgan fingerprint density at radius 1 is 1.25 bits per heavy atom. The van der Waals surface area contributed by atoms with Crippen molar-refractivity contribution in [1.82, 2.24) is 9.71 Å². The summed E-state index contributed by atoms with van der Waals surface area (Å²) < 4.78 is 28.2. The fraction of sp³-hybridized carbons (Fsp3) is 0.174. The largest absolute Gasteiger partial charge is 0.508 e. The second-order valence-corrected chi connectivity index (χ2v) is 10.7. The van der Waals surface area contributed by atoms with Crippen LogP contribution in [0.3, 0.4) is 0 Å². The van der Waals surface area contributed by atoms with E-state index in [1.165, 1.54) is 12.1 Å². The molecule has 0 radical (unpaired) electrons. The van der Waals surface area contributed by atoms with Gasteiger partial charge in [0.15, 0.2) is 0 Å². The summed E-state index contributed by atoms with van der Waals surface area (Å²) in [6, 6.07) is 11.3. The molecule has 32 heavy (non-hydrogen) atoms. The molecular weight excluding hydrogens is 448 g/mol. The van der Waals surface area contributed by atoms with E-state index in [1.54, 1.807) is 18.3 Å². The number of carboxylic acids is 1. The Labute approximate surface area is 189 Å². The van der Waals surface area contributed by atoms with Gasteiger partial charge in [-0.25, -0.2) is 8.42 Å². The monoisotopic (exact) mass is 470 g/mol. The number of aromatic nitrogens is 1. The van der Waals surface area contributed by atoms with E-state index in [0.717, 1.165) is 33.3 Å². The Balaban J connectivity index is 1.49. The van der Waals surface area contributed by atoms with Crippen molar-refractivity contribution in [2.75, 3.05) is 0 Å². The van der Waals surface area contributed by atoms with Gasteiger partial charge in [-0.1, -0.05) is 47.7 Å². The van der Waals surface area contributed by atoms with Gasteiger partial charge in [-0.15, -0.1) is 0 Å². The van der Waals surface area contributed by atoms with Crippen LogP contribution in [0.15, 0.2) is 63.9 Å². The van der Waals surface area contributed by atoms with Crippen LogP contribution in [-0.4, -0.2) is 35.6 Å². The molecule has 7 nitrogen and oxygen atoms in total. The summed E-state index contributed by atoms with van der Waals surface area (Å²) >= 11 is 1.12. The number of thioether (sulfide) groups is 1. The molecule has 2 heterocycles. The van der Waals surface area contributed by atoms with Gasteiger partial charge in [0.05, 0.1) is 0 Å². The van der Waals surface area contributed by atoms with Crippen molar-refractivity contribution < 1.29 is 23.4 Å². The summed E-state index contributed by atoms with van der Waals surface area (Å²) in [4.78, 5) is 15.7. The Kier molecular flexibility index (Phi) is 6.14. The van der Waals surface area contributed by atoms with Gasteiger partial charge in [0.1, 0.15) is 16.0 Å². The number of aromatic amines is 1. The molecule has 0 saturated heterocycles. The molecule has 0 spiro atoms. The topological polar surface area (TPSA) is 119 Å². The van der Waals surface area contributed by atoms with Gasteiger partial charge in [0, 0.05) is 23.5 Å². The zero-order valence-corrected chi connectivity index (χ0v) is 18.8. The highest BCUT2D eigenvalue weighted by Gasteiger charge is 2.30. The number of benzene rings is 2. The average Bonchev–Trinajstić information content (AvgIpc) is 3.37.